The monoisotopic (exact) mass is 389 g/mol. The smallest absolute Gasteiger partial charge is 0.327 e. The van der Waals surface area contributed by atoms with Gasteiger partial charge in [-0.3, -0.25) is 4.79 Å². The van der Waals surface area contributed by atoms with Crippen LogP contribution in [0.25, 0.3) is 0 Å². The average Bonchev–Trinajstić information content (AvgIpc) is 2.62. The Kier molecular flexibility index (Phi) is 5.13. The molecule has 1 aliphatic heterocycles. The second-order valence-electron chi connectivity index (χ2n) is 6.42. The van der Waals surface area contributed by atoms with E-state index in [1.807, 2.05) is 0 Å². The summed E-state index contributed by atoms with van der Waals surface area (Å²) in [6.45, 7) is 3.28. The molecule has 0 aliphatic carbocycles. The van der Waals surface area contributed by atoms with E-state index in [4.69, 9.17) is 0 Å². The summed E-state index contributed by atoms with van der Waals surface area (Å²) in [6, 6.07) is 10.0. The fourth-order valence-corrected chi connectivity index (χ4v) is 3.14. The summed E-state index contributed by atoms with van der Waals surface area (Å²) in [5.74, 6) is -0.596. The van der Waals surface area contributed by atoms with Crippen molar-refractivity contribution in [2.75, 3.05) is 5.32 Å². The predicted molar refractivity (Wildman–Crippen MR) is 98.4 cm³/mol. The van der Waals surface area contributed by atoms with Crippen molar-refractivity contribution in [2.24, 2.45) is 0 Å². The maximum absolute atomic E-state index is 13.5. The Bertz CT molecular complexity index is 967. The molecule has 2 aromatic rings. The van der Waals surface area contributed by atoms with Gasteiger partial charge in [0, 0.05) is 11.4 Å². The van der Waals surface area contributed by atoms with Gasteiger partial charge < -0.3 is 16.0 Å². The zero-order valence-corrected chi connectivity index (χ0v) is 15.1. The lowest BCUT2D eigenvalue weighted by molar-refractivity contribution is -0.138. The summed E-state index contributed by atoms with van der Waals surface area (Å²) in [4.78, 5) is 24.9. The topological polar surface area (TPSA) is 70.2 Å². The molecule has 8 heteroatoms. The molecular weight excluding hydrogens is 371 g/mol. The number of para-hydroxylation sites is 1. The highest BCUT2D eigenvalue weighted by Crippen LogP contribution is 2.38. The van der Waals surface area contributed by atoms with Gasteiger partial charge in [0.25, 0.3) is 5.91 Å². The van der Waals surface area contributed by atoms with E-state index in [1.54, 1.807) is 31.2 Å². The van der Waals surface area contributed by atoms with E-state index in [2.05, 4.69) is 16.0 Å². The molecule has 5 nitrogen and oxygen atoms in total. The van der Waals surface area contributed by atoms with Gasteiger partial charge in [-0.05, 0) is 37.1 Å². The molecule has 3 N–H and O–H groups in total. The maximum atomic E-state index is 13.5. The maximum Gasteiger partial charge on any atom is 0.416 e. The lowest BCUT2D eigenvalue weighted by Crippen LogP contribution is -2.46. The van der Waals surface area contributed by atoms with Crippen LogP contribution in [-0.2, 0) is 11.0 Å². The van der Waals surface area contributed by atoms with Crippen LogP contribution in [-0.4, -0.2) is 11.9 Å². The number of benzene rings is 2. The average molecular weight is 389 g/mol. The Labute approximate surface area is 159 Å². The van der Waals surface area contributed by atoms with E-state index >= 15 is 0 Å². The third kappa shape index (κ3) is 3.85. The summed E-state index contributed by atoms with van der Waals surface area (Å²) in [5.41, 5.74) is 0.438. The van der Waals surface area contributed by atoms with Crippen LogP contribution in [0, 0.1) is 6.92 Å². The SMILES string of the molecule is CC1=C(C(=O)Nc2ccccc2C)[C@H](c2ccccc2C(F)(F)F)NC(=O)N1. The van der Waals surface area contributed by atoms with E-state index in [9.17, 15) is 22.8 Å². The van der Waals surface area contributed by atoms with Gasteiger partial charge in [-0.25, -0.2) is 4.79 Å². The van der Waals surface area contributed by atoms with E-state index in [-0.39, 0.29) is 16.8 Å². The van der Waals surface area contributed by atoms with Crippen LogP contribution < -0.4 is 16.0 Å². The number of hydrogen-bond donors (Lipinski definition) is 3. The molecule has 1 aliphatic rings. The minimum absolute atomic E-state index is 0.0135. The number of halogens is 3. The molecule has 0 bridgehead atoms. The Morgan fingerprint density at radius 1 is 1.04 bits per heavy atom. The van der Waals surface area contributed by atoms with Gasteiger partial charge >= 0.3 is 12.2 Å². The van der Waals surface area contributed by atoms with Crippen molar-refractivity contribution in [3.8, 4) is 0 Å². The molecule has 0 radical (unpaired) electrons. The lowest BCUT2D eigenvalue weighted by atomic mass is 9.91. The first-order chi connectivity index (χ1) is 13.2. The molecule has 146 valence electrons. The molecule has 1 atom stereocenters. The van der Waals surface area contributed by atoms with Gasteiger partial charge in [0.2, 0.25) is 0 Å². The number of anilines is 1. The first-order valence-corrected chi connectivity index (χ1v) is 8.50. The van der Waals surface area contributed by atoms with Gasteiger partial charge in [-0.15, -0.1) is 0 Å². The normalized spacial score (nSPS) is 17.0. The number of alkyl halides is 3. The van der Waals surface area contributed by atoms with Gasteiger partial charge in [-0.1, -0.05) is 36.4 Å². The first-order valence-electron chi connectivity index (χ1n) is 8.50. The molecular formula is C20H18F3N3O2. The number of urea groups is 1. The summed E-state index contributed by atoms with van der Waals surface area (Å²) < 4.78 is 40.4. The van der Waals surface area contributed by atoms with Crippen LogP contribution in [0.15, 0.2) is 59.8 Å². The molecule has 0 saturated heterocycles. The van der Waals surface area contributed by atoms with Crippen molar-refractivity contribution in [1.29, 1.82) is 0 Å². The zero-order chi connectivity index (χ0) is 20.5. The van der Waals surface area contributed by atoms with Gasteiger partial charge in [0.05, 0.1) is 17.2 Å². The van der Waals surface area contributed by atoms with E-state index in [0.29, 0.717) is 5.69 Å². The highest BCUT2D eigenvalue weighted by molar-refractivity contribution is 6.07. The Hall–Kier alpha value is -3.29. The van der Waals surface area contributed by atoms with Crippen LogP contribution >= 0.6 is 0 Å². The van der Waals surface area contributed by atoms with E-state index in [1.165, 1.54) is 25.1 Å². The van der Waals surface area contributed by atoms with Crippen molar-refractivity contribution in [3.05, 3.63) is 76.5 Å². The largest absolute Gasteiger partial charge is 0.416 e. The molecule has 1 heterocycles. The third-order valence-corrected chi connectivity index (χ3v) is 4.48. The molecule has 0 spiro atoms. The van der Waals surface area contributed by atoms with Gasteiger partial charge in [0.15, 0.2) is 0 Å². The van der Waals surface area contributed by atoms with Gasteiger partial charge in [0.1, 0.15) is 0 Å². The molecule has 3 amide bonds. The van der Waals surface area contributed by atoms with Gasteiger partial charge in [-0.2, -0.15) is 13.2 Å². The minimum atomic E-state index is -4.63. The van der Waals surface area contributed by atoms with Crippen molar-refractivity contribution in [2.45, 2.75) is 26.1 Å². The molecule has 0 saturated carbocycles. The summed E-state index contributed by atoms with van der Waals surface area (Å²) in [6.07, 6.45) is -4.63. The Morgan fingerprint density at radius 3 is 2.36 bits per heavy atom. The molecule has 28 heavy (non-hydrogen) atoms. The fraction of sp³-hybridized carbons (Fsp3) is 0.200. The number of rotatable bonds is 3. The lowest BCUT2D eigenvalue weighted by Gasteiger charge is -2.30. The highest BCUT2D eigenvalue weighted by atomic mass is 19.4. The van der Waals surface area contributed by atoms with Crippen molar-refractivity contribution in [3.63, 3.8) is 0 Å². The number of allylic oxidation sites excluding steroid dienone is 1. The highest BCUT2D eigenvalue weighted by Gasteiger charge is 2.39. The van der Waals surface area contributed by atoms with E-state index < -0.39 is 29.7 Å². The predicted octanol–water partition coefficient (Wildman–Crippen LogP) is 4.28. The second kappa shape index (κ2) is 7.38. The third-order valence-electron chi connectivity index (χ3n) is 4.48. The summed E-state index contributed by atoms with van der Waals surface area (Å²) in [7, 11) is 0. The number of amides is 3. The van der Waals surface area contributed by atoms with Crippen LogP contribution in [0.2, 0.25) is 0 Å². The van der Waals surface area contributed by atoms with Crippen molar-refractivity contribution in [1.82, 2.24) is 10.6 Å². The standard InChI is InChI=1S/C20H18F3N3O2/c1-11-7-3-6-10-15(11)25-18(27)16-12(2)24-19(28)26-17(16)13-8-4-5-9-14(13)20(21,22)23/h3-10,17H,1-2H3,(H,25,27)(H2,24,26,28)/t17-/m0/s1. The van der Waals surface area contributed by atoms with Crippen LogP contribution in [0.1, 0.15) is 29.7 Å². The number of carbonyl (C=O) groups excluding carboxylic acids is 2. The molecule has 0 fully saturated rings. The number of aryl methyl sites for hydroxylation is 1. The molecule has 0 unspecified atom stereocenters. The van der Waals surface area contributed by atoms with Crippen molar-refractivity contribution < 1.29 is 22.8 Å². The minimum Gasteiger partial charge on any atom is -0.327 e. The number of nitrogens with one attached hydrogen (secondary N) is 3. The fourth-order valence-electron chi connectivity index (χ4n) is 3.14. The number of carbonyl (C=O) groups is 2. The zero-order valence-electron chi connectivity index (χ0n) is 15.1. The van der Waals surface area contributed by atoms with Crippen LogP contribution in [0.5, 0.6) is 0 Å². The summed E-state index contributed by atoms with van der Waals surface area (Å²) >= 11 is 0. The molecule has 3 rings (SSSR count). The summed E-state index contributed by atoms with van der Waals surface area (Å²) in [5, 5.41) is 7.61. The Balaban J connectivity index is 2.06. The van der Waals surface area contributed by atoms with Crippen LogP contribution in [0.3, 0.4) is 0 Å². The van der Waals surface area contributed by atoms with Crippen molar-refractivity contribution >= 4 is 17.6 Å². The first kappa shape index (κ1) is 19.5. The quantitative estimate of drug-likeness (QED) is 0.733. The van der Waals surface area contributed by atoms with E-state index in [0.717, 1.165) is 11.6 Å². The van der Waals surface area contributed by atoms with Crippen LogP contribution in [0.4, 0.5) is 23.7 Å². The molecule has 2 aromatic carbocycles. The second-order valence-corrected chi connectivity index (χ2v) is 6.42. The molecule has 0 aromatic heterocycles. The number of hydrogen-bond acceptors (Lipinski definition) is 2. The Morgan fingerprint density at radius 2 is 1.68 bits per heavy atom.